The van der Waals surface area contributed by atoms with E-state index in [0.717, 1.165) is 11.6 Å². The van der Waals surface area contributed by atoms with E-state index in [-0.39, 0.29) is 5.91 Å². The zero-order chi connectivity index (χ0) is 11.4. The first-order valence-electron chi connectivity index (χ1n) is 4.38. The molecule has 0 spiro atoms. The first-order chi connectivity index (χ1) is 7.04. The highest BCUT2D eigenvalue weighted by molar-refractivity contribution is 6.01. The number of amides is 2. The average molecular weight is 204 g/mol. The number of aryl methyl sites for hydroxylation is 1. The van der Waals surface area contributed by atoms with Crippen molar-refractivity contribution in [3.05, 3.63) is 42.0 Å². The molecule has 0 aliphatic rings. The number of nitrogens with two attached hydrogens (primary N) is 1. The normalized spacial score (nSPS) is 9.40. The van der Waals surface area contributed by atoms with Gasteiger partial charge < -0.3 is 11.1 Å². The summed E-state index contributed by atoms with van der Waals surface area (Å²) in [6.07, 6.45) is 1.16. The monoisotopic (exact) mass is 204 g/mol. The van der Waals surface area contributed by atoms with Crippen LogP contribution < -0.4 is 11.1 Å². The highest BCUT2D eigenvalue weighted by Crippen LogP contribution is 2.16. The summed E-state index contributed by atoms with van der Waals surface area (Å²) in [4.78, 5) is 22.0. The maximum absolute atomic E-state index is 11.1. The zero-order valence-electron chi connectivity index (χ0n) is 8.41. The third kappa shape index (κ3) is 2.67. The van der Waals surface area contributed by atoms with Gasteiger partial charge in [0.2, 0.25) is 11.8 Å². The number of primary amides is 1. The molecule has 0 aromatic heterocycles. The number of hydrogen-bond acceptors (Lipinski definition) is 2. The smallest absolute Gasteiger partial charge is 0.248 e. The van der Waals surface area contributed by atoms with Crippen LogP contribution in [0, 0.1) is 6.92 Å². The molecule has 3 N–H and O–H groups in total. The van der Waals surface area contributed by atoms with Crippen molar-refractivity contribution in [2.24, 2.45) is 5.73 Å². The molecule has 1 aromatic carbocycles. The highest BCUT2D eigenvalue weighted by Gasteiger charge is 2.05. The second-order valence-corrected chi connectivity index (χ2v) is 3.09. The summed E-state index contributed by atoms with van der Waals surface area (Å²) in [5, 5.41) is 2.59. The number of nitrogens with one attached hydrogen (secondary N) is 1. The minimum atomic E-state index is -0.524. The molecule has 2 amide bonds. The summed E-state index contributed by atoms with van der Waals surface area (Å²) < 4.78 is 0. The molecular formula is C11H12N2O2. The van der Waals surface area contributed by atoms with Gasteiger partial charge >= 0.3 is 0 Å². The molecule has 0 atom stereocenters. The van der Waals surface area contributed by atoms with Gasteiger partial charge in [-0.3, -0.25) is 9.59 Å². The molecule has 15 heavy (non-hydrogen) atoms. The van der Waals surface area contributed by atoms with E-state index in [1.54, 1.807) is 18.2 Å². The van der Waals surface area contributed by atoms with Gasteiger partial charge in [-0.25, -0.2) is 0 Å². The molecule has 4 heteroatoms. The molecule has 0 saturated carbocycles. The second-order valence-electron chi connectivity index (χ2n) is 3.09. The number of anilines is 1. The SMILES string of the molecule is C=CC(=O)Nc1cc(C(N)=O)ccc1C. The molecular weight excluding hydrogens is 192 g/mol. The summed E-state index contributed by atoms with van der Waals surface area (Å²) in [6.45, 7) is 5.16. The average Bonchev–Trinajstić information content (AvgIpc) is 2.20. The van der Waals surface area contributed by atoms with Crippen molar-refractivity contribution >= 4 is 17.5 Å². The largest absolute Gasteiger partial charge is 0.366 e. The standard InChI is InChI=1S/C11H12N2O2/c1-3-10(14)13-9-6-8(11(12)15)5-4-7(9)2/h3-6H,1H2,2H3,(H2,12,15)(H,13,14). The third-order valence-corrected chi connectivity index (χ3v) is 1.97. The Labute approximate surface area is 87.8 Å². The number of hydrogen-bond donors (Lipinski definition) is 2. The van der Waals surface area contributed by atoms with Gasteiger partial charge in [-0.15, -0.1) is 0 Å². The van der Waals surface area contributed by atoms with Gasteiger partial charge in [-0.1, -0.05) is 12.6 Å². The molecule has 0 heterocycles. The van der Waals surface area contributed by atoms with Crippen LogP contribution in [0.2, 0.25) is 0 Å². The Balaban J connectivity index is 3.05. The number of rotatable bonds is 3. The van der Waals surface area contributed by atoms with Crippen molar-refractivity contribution in [3.63, 3.8) is 0 Å². The Bertz CT molecular complexity index is 425. The van der Waals surface area contributed by atoms with Crippen LogP contribution in [-0.4, -0.2) is 11.8 Å². The van der Waals surface area contributed by atoms with Crippen LogP contribution in [0.4, 0.5) is 5.69 Å². The van der Waals surface area contributed by atoms with Gasteiger partial charge in [0.05, 0.1) is 0 Å². The van der Waals surface area contributed by atoms with E-state index in [1.807, 2.05) is 6.92 Å². The van der Waals surface area contributed by atoms with Gasteiger partial charge in [0.25, 0.3) is 0 Å². The van der Waals surface area contributed by atoms with E-state index < -0.39 is 5.91 Å². The van der Waals surface area contributed by atoms with E-state index in [9.17, 15) is 9.59 Å². The fourth-order valence-corrected chi connectivity index (χ4v) is 1.09. The van der Waals surface area contributed by atoms with Crippen molar-refractivity contribution < 1.29 is 9.59 Å². The van der Waals surface area contributed by atoms with Crippen molar-refractivity contribution in [1.82, 2.24) is 0 Å². The van der Waals surface area contributed by atoms with Crippen LogP contribution in [0.15, 0.2) is 30.9 Å². The Hall–Kier alpha value is -2.10. The molecule has 1 rings (SSSR count). The molecule has 0 fully saturated rings. The maximum atomic E-state index is 11.1. The summed E-state index contributed by atoms with van der Waals surface area (Å²) >= 11 is 0. The Morgan fingerprint density at radius 1 is 1.47 bits per heavy atom. The predicted molar refractivity (Wildman–Crippen MR) is 58.5 cm³/mol. The van der Waals surface area contributed by atoms with E-state index >= 15 is 0 Å². The lowest BCUT2D eigenvalue weighted by Gasteiger charge is -2.07. The first-order valence-corrected chi connectivity index (χ1v) is 4.38. The lowest BCUT2D eigenvalue weighted by atomic mass is 10.1. The number of carbonyl (C=O) groups excluding carboxylic acids is 2. The molecule has 0 bridgehead atoms. The van der Waals surface area contributed by atoms with Gasteiger partial charge in [0.1, 0.15) is 0 Å². The Morgan fingerprint density at radius 2 is 2.13 bits per heavy atom. The van der Waals surface area contributed by atoms with Crippen molar-refractivity contribution in [1.29, 1.82) is 0 Å². The van der Waals surface area contributed by atoms with Crippen LogP contribution in [0.25, 0.3) is 0 Å². The fourth-order valence-electron chi connectivity index (χ4n) is 1.09. The molecule has 0 aliphatic heterocycles. The molecule has 0 saturated heterocycles. The Kier molecular flexibility index (Phi) is 3.23. The van der Waals surface area contributed by atoms with Crippen molar-refractivity contribution in [3.8, 4) is 0 Å². The summed E-state index contributed by atoms with van der Waals surface area (Å²) in [5.74, 6) is -0.844. The second kappa shape index (κ2) is 4.41. The van der Waals surface area contributed by atoms with Crippen molar-refractivity contribution in [2.75, 3.05) is 5.32 Å². The van der Waals surface area contributed by atoms with Crippen LogP contribution in [0.1, 0.15) is 15.9 Å². The molecule has 0 aliphatic carbocycles. The number of carbonyl (C=O) groups is 2. The lowest BCUT2D eigenvalue weighted by molar-refractivity contribution is -0.111. The predicted octanol–water partition coefficient (Wildman–Crippen LogP) is 1.22. The van der Waals surface area contributed by atoms with Crippen LogP contribution in [-0.2, 0) is 4.79 Å². The molecule has 4 nitrogen and oxygen atoms in total. The quantitative estimate of drug-likeness (QED) is 0.726. The maximum Gasteiger partial charge on any atom is 0.248 e. The lowest BCUT2D eigenvalue weighted by Crippen LogP contribution is -2.13. The topological polar surface area (TPSA) is 72.2 Å². The molecule has 0 radical (unpaired) electrons. The molecule has 0 unspecified atom stereocenters. The van der Waals surface area contributed by atoms with Gasteiger partial charge in [0, 0.05) is 11.3 Å². The van der Waals surface area contributed by atoms with E-state index in [4.69, 9.17) is 5.73 Å². The number of benzene rings is 1. The van der Waals surface area contributed by atoms with Crippen molar-refractivity contribution in [2.45, 2.75) is 6.92 Å². The first kappa shape index (κ1) is 11.0. The summed E-state index contributed by atoms with van der Waals surface area (Å²) in [5.41, 5.74) is 6.91. The van der Waals surface area contributed by atoms with Crippen LogP contribution in [0.5, 0.6) is 0 Å². The van der Waals surface area contributed by atoms with Crippen LogP contribution in [0.3, 0.4) is 0 Å². The molecule has 1 aromatic rings. The molecule has 78 valence electrons. The van der Waals surface area contributed by atoms with E-state index in [0.29, 0.717) is 11.3 Å². The van der Waals surface area contributed by atoms with Gasteiger partial charge in [0.15, 0.2) is 0 Å². The third-order valence-electron chi connectivity index (χ3n) is 1.97. The zero-order valence-corrected chi connectivity index (χ0v) is 8.41. The Morgan fingerprint density at radius 3 is 2.67 bits per heavy atom. The minimum Gasteiger partial charge on any atom is -0.366 e. The highest BCUT2D eigenvalue weighted by atomic mass is 16.1. The van der Waals surface area contributed by atoms with E-state index in [1.165, 1.54) is 0 Å². The summed E-state index contributed by atoms with van der Waals surface area (Å²) in [6, 6.07) is 4.87. The van der Waals surface area contributed by atoms with Crippen LogP contribution >= 0.6 is 0 Å². The van der Waals surface area contributed by atoms with E-state index in [2.05, 4.69) is 11.9 Å². The fraction of sp³-hybridized carbons (Fsp3) is 0.0909. The van der Waals surface area contributed by atoms with Gasteiger partial charge in [-0.05, 0) is 30.7 Å². The minimum absolute atomic E-state index is 0.320. The van der Waals surface area contributed by atoms with Gasteiger partial charge in [-0.2, -0.15) is 0 Å². The summed E-state index contributed by atoms with van der Waals surface area (Å²) in [7, 11) is 0.